The van der Waals surface area contributed by atoms with E-state index in [4.69, 9.17) is 0 Å². The second-order valence-electron chi connectivity index (χ2n) is 5.57. The van der Waals surface area contributed by atoms with Gasteiger partial charge in [0.05, 0.1) is 0 Å². The van der Waals surface area contributed by atoms with Crippen molar-refractivity contribution in [1.82, 2.24) is 14.2 Å². The average Bonchev–Trinajstić information content (AvgIpc) is 2.84. The molecule has 21 heavy (non-hydrogen) atoms. The molecular weight excluding hydrogens is 286 g/mol. The third-order valence-electron chi connectivity index (χ3n) is 3.72. The molecule has 1 aromatic heterocycles. The van der Waals surface area contributed by atoms with Gasteiger partial charge in [-0.15, -0.1) is 0 Å². The molecule has 0 amide bonds. The number of nitrogens with one attached hydrogen (secondary N) is 1. The van der Waals surface area contributed by atoms with Crippen LogP contribution in [0.3, 0.4) is 0 Å². The van der Waals surface area contributed by atoms with Gasteiger partial charge in [0.25, 0.3) is 0 Å². The Hall–Kier alpha value is -1.11. The smallest absolute Gasteiger partial charge is 0.244 e. The zero-order valence-corrected chi connectivity index (χ0v) is 13.9. The van der Waals surface area contributed by atoms with Crippen molar-refractivity contribution in [2.45, 2.75) is 44.7 Å². The lowest BCUT2D eigenvalue weighted by molar-refractivity contribution is 0.428. The largest absolute Gasteiger partial charge is 0.349 e. The molecule has 0 fully saturated rings. The topological polar surface area (TPSA) is 54.3 Å². The van der Waals surface area contributed by atoms with Crippen LogP contribution in [0.4, 0.5) is 0 Å². The Morgan fingerprint density at radius 2 is 2.14 bits per heavy atom. The Labute approximate surface area is 127 Å². The van der Waals surface area contributed by atoms with Gasteiger partial charge in [-0.1, -0.05) is 18.6 Å². The summed E-state index contributed by atoms with van der Waals surface area (Å²) in [6.45, 7) is 6.66. The van der Waals surface area contributed by atoms with E-state index >= 15 is 0 Å². The molecule has 1 aliphatic heterocycles. The van der Waals surface area contributed by atoms with E-state index in [1.165, 1.54) is 0 Å². The zero-order chi connectivity index (χ0) is 15.5. The minimum absolute atomic E-state index is 0.413. The van der Waals surface area contributed by atoms with Crippen LogP contribution in [0.25, 0.3) is 0 Å². The van der Waals surface area contributed by atoms with Gasteiger partial charge in [-0.3, -0.25) is 0 Å². The fourth-order valence-electron chi connectivity index (χ4n) is 2.68. The Kier molecular flexibility index (Phi) is 5.24. The summed E-state index contributed by atoms with van der Waals surface area (Å²) in [5.41, 5.74) is 2.13. The number of aryl methyl sites for hydroxylation is 1. The minimum atomic E-state index is -3.39. The van der Waals surface area contributed by atoms with Gasteiger partial charge < -0.3 is 9.88 Å². The van der Waals surface area contributed by atoms with E-state index in [0.29, 0.717) is 24.5 Å². The van der Waals surface area contributed by atoms with E-state index in [1.807, 2.05) is 18.5 Å². The monoisotopic (exact) mass is 311 g/mol. The maximum Gasteiger partial charge on any atom is 0.244 e. The number of hydrogen-bond donors (Lipinski definition) is 1. The van der Waals surface area contributed by atoms with Gasteiger partial charge >= 0.3 is 0 Å². The number of rotatable bonds is 6. The van der Waals surface area contributed by atoms with Crippen molar-refractivity contribution < 1.29 is 8.42 Å². The average molecular weight is 311 g/mol. The van der Waals surface area contributed by atoms with E-state index in [0.717, 1.165) is 30.7 Å². The summed E-state index contributed by atoms with van der Waals surface area (Å²) in [5, 5.41) is 3.10. The number of hydrogen-bond acceptors (Lipinski definition) is 3. The lowest BCUT2D eigenvalue weighted by Gasteiger charge is -2.24. The summed E-state index contributed by atoms with van der Waals surface area (Å²) < 4.78 is 29.2. The van der Waals surface area contributed by atoms with Crippen LogP contribution in [0.1, 0.15) is 32.4 Å². The first-order chi connectivity index (χ1) is 9.98. The number of aromatic nitrogens is 1. The molecule has 0 spiro atoms. The molecule has 6 heteroatoms. The summed E-state index contributed by atoms with van der Waals surface area (Å²) >= 11 is 0. The molecule has 1 aliphatic rings. The summed E-state index contributed by atoms with van der Waals surface area (Å²) in [5.74, 6) is 0. The quantitative estimate of drug-likeness (QED) is 0.817. The molecule has 5 nitrogen and oxygen atoms in total. The Balaban J connectivity index is 2.31. The molecule has 0 radical (unpaired) electrons. The Morgan fingerprint density at radius 1 is 1.38 bits per heavy atom. The maximum atomic E-state index is 12.8. The van der Waals surface area contributed by atoms with Crippen LogP contribution in [0.5, 0.6) is 0 Å². The van der Waals surface area contributed by atoms with Crippen LogP contribution in [0.15, 0.2) is 28.8 Å². The van der Waals surface area contributed by atoms with Gasteiger partial charge in [-0.2, -0.15) is 4.31 Å². The highest BCUT2D eigenvalue weighted by atomic mass is 32.2. The highest BCUT2D eigenvalue weighted by Gasteiger charge is 2.27. The molecule has 1 aromatic rings. The third-order valence-corrected chi connectivity index (χ3v) is 5.53. The van der Waals surface area contributed by atoms with Crippen LogP contribution in [-0.2, 0) is 23.1 Å². The molecule has 2 rings (SSSR count). The predicted molar refractivity (Wildman–Crippen MR) is 84.6 cm³/mol. The van der Waals surface area contributed by atoms with Crippen LogP contribution < -0.4 is 5.32 Å². The molecule has 0 aromatic carbocycles. The second-order valence-corrected chi connectivity index (χ2v) is 7.51. The maximum absolute atomic E-state index is 12.8. The highest BCUT2D eigenvalue weighted by molar-refractivity contribution is 7.89. The van der Waals surface area contributed by atoms with Gasteiger partial charge in [-0.05, 0) is 32.9 Å². The standard InChI is InChI=1S/C15H25N3O2S/c1-4-7-17-12-15(9-14(17)10-16-3)21(19,20)18-8-5-6-13(2)11-18/h6,9,12,16H,4-5,7-8,10-11H2,1-3H3. The molecule has 1 N–H and O–H groups in total. The summed E-state index contributed by atoms with van der Waals surface area (Å²) in [6, 6.07) is 1.80. The molecule has 0 unspecified atom stereocenters. The first-order valence-corrected chi connectivity index (χ1v) is 8.92. The molecule has 118 valence electrons. The van der Waals surface area contributed by atoms with Crippen LogP contribution in [0.2, 0.25) is 0 Å². The Morgan fingerprint density at radius 3 is 2.76 bits per heavy atom. The third kappa shape index (κ3) is 3.56. The summed E-state index contributed by atoms with van der Waals surface area (Å²) in [7, 11) is -1.52. The Bertz CT molecular complexity index is 593. The van der Waals surface area contributed by atoms with E-state index in [9.17, 15) is 8.42 Å². The summed E-state index contributed by atoms with van der Waals surface area (Å²) in [4.78, 5) is 0.413. The fourth-order valence-corrected chi connectivity index (χ4v) is 4.24. The van der Waals surface area contributed by atoms with E-state index in [1.54, 1.807) is 16.6 Å². The van der Waals surface area contributed by atoms with Crippen molar-refractivity contribution in [2.75, 3.05) is 20.1 Å². The van der Waals surface area contributed by atoms with Crippen LogP contribution in [-0.4, -0.2) is 37.4 Å². The molecule has 2 heterocycles. The van der Waals surface area contributed by atoms with E-state index < -0.39 is 10.0 Å². The first-order valence-electron chi connectivity index (χ1n) is 7.48. The van der Waals surface area contributed by atoms with Gasteiger partial charge in [0.2, 0.25) is 10.0 Å². The van der Waals surface area contributed by atoms with E-state index in [2.05, 4.69) is 18.3 Å². The first kappa shape index (κ1) is 16.3. The minimum Gasteiger partial charge on any atom is -0.349 e. The van der Waals surface area contributed by atoms with Gasteiger partial charge in [0.15, 0.2) is 0 Å². The normalized spacial score (nSPS) is 17.0. The SMILES string of the molecule is CCCn1cc(S(=O)(=O)N2CCC=C(C)C2)cc1CNC. The lowest BCUT2D eigenvalue weighted by atomic mass is 10.2. The van der Waals surface area contributed by atoms with Crippen molar-refractivity contribution in [3.05, 3.63) is 29.6 Å². The van der Waals surface area contributed by atoms with Crippen molar-refractivity contribution in [3.8, 4) is 0 Å². The van der Waals surface area contributed by atoms with Gasteiger partial charge in [-0.25, -0.2) is 8.42 Å². The van der Waals surface area contributed by atoms with Crippen molar-refractivity contribution in [2.24, 2.45) is 0 Å². The zero-order valence-electron chi connectivity index (χ0n) is 13.1. The molecule has 0 saturated carbocycles. The predicted octanol–water partition coefficient (Wildman–Crippen LogP) is 1.96. The van der Waals surface area contributed by atoms with Gasteiger partial charge in [0, 0.05) is 38.1 Å². The summed E-state index contributed by atoms with van der Waals surface area (Å²) in [6.07, 6.45) is 5.67. The van der Waals surface area contributed by atoms with Crippen molar-refractivity contribution >= 4 is 10.0 Å². The lowest BCUT2D eigenvalue weighted by Crippen LogP contribution is -2.35. The van der Waals surface area contributed by atoms with Crippen LogP contribution >= 0.6 is 0 Å². The van der Waals surface area contributed by atoms with Crippen LogP contribution in [0, 0.1) is 0 Å². The second kappa shape index (κ2) is 6.77. The molecular formula is C15H25N3O2S. The van der Waals surface area contributed by atoms with E-state index in [-0.39, 0.29) is 0 Å². The van der Waals surface area contributed by atoms with Crippen molar-refractivity contribution in [1.29, 1.82) is 0 Å². The highest BCUT2D eigenvalue weighted by Crippen LogP contribution is 2.22. The molecule has 0 bridgehead atoms. The number of nitrogens with zero attached hydrogens (tertiary/aromatic N) is 2. The molecule has 0 atom stereocenters. The van der Waals surface area contributed by atoms with Crippen molar-refractivity contribution in [3.63, 3.8) is 0 Å². The fraction of sp³-hybridized carbons (Fsp3) is 0.600. The number of sulfonamides is 1. The molecule has 0 saturated heterocycles. The van der Waals surface area contributed by atoms with Gasteiger partial charge in [0.1, 0.15) is 4.90 Å². The molecule has 0 aliphatic carbocycles.